The highest BCUT2D eigenvalue weighted by molar-refractivity contribution is 6.04. The summed E-state index contributed by atoms with van der Waals surface area (Å²) in [4.78, 5) is 16.0. The summed E-state index contributed by atoms with van der Waals surface area (Å²) >= 11 is 0. The van der Waals surface area contributed by atoms with Gasteiger partial charge in [0.05, 0.1) is 23.1 Å². The van der Waals surface area contributed by atoms with Crippen LogP contribution in [0, 0.1) is 29.1 Å². The van der Waals surface area contributed by atoms with Crippen LogP contribution in [0.1, 0.15) is 10.4 Å². The number of benzene rings is 2. The molecule has 0 aliphatic rings. The molecule has 0 saturated heterocycles. The molecule has 0 aliphatic carbocycles. The van der Waals surface area contributed by atoms with Crippen LogP contribution in [0.25, 0.3) is 0 Å². The van der Waals surface area contributed by atoms with E-state index in [-0.39, 0.29) is 22.6 Å². The summed E-state index contributed by atoms with van der Waals surface area (Å²) in [7, 11) is 0. The van der Waals surface area contributed by atoms with Crippen molar-refractivity contribution in [2.45, 2.75) is 0 Å². The summed E-state index contributed by atoms with van der Waals surface area (Å²) in [6.45, 7) is 0. The quantitative estimate of drug-likeness (QED) is 0.507. The van der Waals surface area contributed by atoms with E-state index in [0.717, 1.165) is 24.3 Å². The molecule has 9 heteroatoms. The Labute approximate surface area is 149 Å². The maximum absolute atomic E-state index is 13.7. The topological polar surface area (TPSA) is 54.0 Å². The number of amides is 1. The third-order valence-corrected chi connectivity index (χ3v) is 3.49. The van der Waals surface area contributed by atoms with E-state index in [1.165, 1.54) is 24.5 Å². The lowest BCUT2D eigenvalue weighted by Gasteiger charge is -2.10. The van der Waals surface area contributed by atoms with Crippen LogP contribution < -0.4 is 10.6 Å². The van der Waals surface area contributed by atoms with Crippen LogP contribution in [-0.2, 0) is 0 Å². The van der Waals surface area contributed by atoms with Gasteiger partial charge in [-0.15, -0.1) is 0 Å². The minimum atomic E-state index is -1.64. The smallest absolute Gasteiger partial charge is 0.257 e. The zero-order valence-electron chi connectivity index (χ0n) is 13.4. The summed E-state index contributed by atoms with van der Waals surface area (Å²) in [5.74, 6) is -7.28. The molecule has 2 N–H and O–H groups in total. The van der Waals surface area contributed by atoms with Gasteiger partial charge in [0, 0.05) is 18.0 Å². The van der Waals surface area contributed by atoms with E-state index in [1.54, 1.807) is 0 Å². The average Bonchev–Trinajstić information content (AvgIpc) is 2.65. The number of nitrogens with zero attached hydrogens (tertiary/aromatic N) is 1. The van der Waals surface area contributed by atoms with Gasteiger partial charge in [-0.2, -0.15) is 0 Å². The molecule has 138 valence electrons. The van der Waals surface area contributed by atoms with Crippen LogP contribution in [0.5, 0.6) is 0 Å². The number of hydrogen-bond donors (Lipinski definition) is 2. The third kappa shape index (κ3) is 4.02. The Bertz CT molecular complexity index is 1030. The van der Waals surface area contributed by atoms with Crippen molar-refractivity contribution in [2.75, 3.05) is 10.6 Å². The molecule has 4 nitrogen and oxygen atoms in total. The zero-order chi connectivity index (χ0) is 19.6. The Morgan fingerprint density at radius 3 is 2.26 bits per heavy atom. The van der Waals surface area contributed by atoms with Gasteiger partial charge in [0.25, 0.3) is 5.91 Å². The van der Waals surface area contributed by atoms with Gasteiger partial charge in [-0.3, -0.25) is 9.78 Å². The first kappa shape index (κ1) is 18.3. The van der Waals surface area contributed by atoms with Gasteiger partial charge in [0.2, 0.25) is 0 Å². The van der Waals surface area contributed by atoms with E-state index < -0.39 is 35.0 Å². The van der Waals surface area contributed by atoms with E-state index in [9.17, 15) is 26.7 Å². The summed E-state index contributed by atoms with van der Waals surface area (Å²) in [6, 6.07) is 5.83. The largest absolute Gasteiger partial charge is 0.352 e. The second-order valence-corrected chi connectivity index (χ2v) is 5.39. The fourth-order valence-corrected chi connectivity index (χ4v) is 2.19. The summed E-state index contributed by atoms with van der Waals surface area (Å²) < 4.78 is 66.1. The van der Waals surface area contributed by atoms with Crippen molar-refractivity contribution in [1.82, 2.24) is 4.98 Å². The molecule has 0 unspecified atom stereocenters. The van der Waals surface area contributed by atoms with E-state index in [4.69, 9.17) is 0 Å². The molecular formula is C18H10F5N3O. The average molecular weight is 379 g/mol. The van der Waals surface area contributed by atoms with Crippen molar-refractivity contribution in [3.63, 3.8) is 0 Å². The lowest BCUT2D eigenvalue weighted by Crippen LogP contribution is -2.13. The van der Waals surface area contributed by atoms with Crippen molar-refractivity contribution in [3.8, 4) is 0 Å². The molecular weight excluding hydrogens is 369 g/mol. The first-order chi connectivity index (χ1) is 12.8. The van der Waals surface area contributed by atoms with Crippen LogP contribution in [0.2, 0.25) is 0 Å². The highest BCUT2D eigenvalue weighted by atomic mass is 19.2. The molecule has 3 rings (SSSR count). The van der Waals surface area contributed by atoms with Crippen LogP contribution in [-0.4, -0.2) is 10.9 Å². The Kier molecular flexibility index (Phi) is 5.02. The minimum Gasteiger partial charge on any atom is -0.352 e. The minimum absolute atomic E-state index is 0.00715. The highest BCUT2D eigenvalue weighted by Crippen LogP contribution is 2.24. The monoisotopic (exact) mass is 379 g/mol. The van der Waals surface area contributed by atoms with Crippen LogP contribution in [0.3, 0.4) is 0 Å². The second-order valence-electron chi connectivity index (χ2n) is 5.39. The van der Waals surface area contributed by atoms with Crippen LogP contribution in [0.15, 0.2) is 48.8 Å². The summed E-state index contributed by atoms with van der Waals surface area (Å²) in [6.07, 6.45) is 2.41. The molecule has 0 bridgehead atoms. The van der Waals surface area contributed by atoms with Crippen molar-refractivity contribution in [3.05, 3.63) is 83.4 Å². The maximum atomic E-state index is 13.7. The number of carbonyl (C=O) groups is 1. The molecule has 27 heavy (non-hydrogen) atoms. The fraction of sp³-hybridized carbons (Fsp3) is 0. The van der Waals surface area contributed by atoms with Crippen molar-refractivity contribution in [2.24, 2.45) is 0 Å². The number of nitrogens with one attached hydrogen (secondary N) is 2. The van der Waals surface area contributed by atoms with Gasteiger partial charge in [-0.1, -0.05) is 0 Å². The molecule has 0 aliphatic heterocycles. The summed E-state index contributed by atoms with van der Waals surface area (Å²) in [5, 5.41) is 4.83. The summed E-state index contributed by atoms with van der Waals surface area (Å²) in [5.41, 5.74) is -0.205. The molecule has 0 spiro atoms. The number of anilines is 3. The lowest BCUT2D eigenvalue weighted by molar-refractivity contribution is 0.102. The van der Waals surface area contributed by atoms with Crippen LogP contribution >= 0.6 is 0 Å². The molecule has 0 radical (unpaired) electrons. The second kappa shape index (κ2) is 7.40. The fourth-order valence-electron chi connectivity index (χ4n) is 2.19. The predicted molar refractivity (Wildman–Crippen MR) is 88.1 cm³/mol. The van der Waals surface area contributed by atoms with Crippen molar-refractivity contribution >= 4 is 23.0 Å². The van der Waals surface area contributed by atoms with E-state index in [0.29, 0.717) is 0 Å². The molecule has 0 fully saturated rings. The number of halogens is 5. The number of hydrogen-bond acceptors (Lipinski definition) is 3. The molecule has 1 heterocycles. The number of carbonyl (C=O) groups excluding carboxylic acids is 1. The van der Waals surface area contributed by atoms with Crippen molar-refractivity contribution in [1.29, 1.82) is 0 Å². The number of aromatic nitrogens is 1. The highest BCUT2D eigenvalue weighted by Gasteiger charge is 2.14. The van der Waals surface area contributed by atoms with E-state index in [2.05, 4.69) is 15.6 Å². The Hall–Kier alpha value is -3.49. The van der Waals surface area contributed by atoms with Crippen LogP contribution in [0.4, 0.5) is 39.0 Å². The standard InChI is InChI=1S/C18H10F5N3O/c19-12-2-1-10(6-14(12)21)26-18(27)9-5-11(8-24-7-9)25-15-4-3-13(20)16(22)17(15)23/h1-8,25H,(H,26,27). The Morgan fingerprint density at radius 2 is 1.52 bits per heavy atom. The Morgan fingerprint density at radius 1 is 0.778 bits per heavy atom. The zero-order valence-corrected chi connectivity index (χ0v) is 13.4. The molecule has 0 saturated carbocycles. The predicted octanol–water partition coefficient (Wildman–Crippen LogP) is 4.77. The van der Waals surface area contributed by atoms with Gasteiger partial charge in [-0.05, 0) is 30.3 Å². The van der Waals surface area contributed by atoms with Gasteiger partial charge in [0.1, 0.15) is 0 Å². The molecule has 1 aromatic heterocycles. The van der Waals surface area contributed by atoms with Gasteiger partial charge in [-0.25, -0.2) is 22.0 Å². The van der Waals surface area contributed by atoms with Gasteiger partial charge >= 0.3 is 0 Å². The lowest BCUT2D eigenvalue weighted by atomic mass is 10.2. The van der Waals surface area contributed by atoms with Gasteiger partial charge in [0.15, 0.2) is 29.1 Å². The number of rotatable bonds is 4. The Balaban J connectivity index is 1.80. The van der Waals surface area contributed by atoms with Gasteiger partial charge < -0.3 is 10.6 Å². The SMILES string of the molecule is O=C(Nc1ccc(F)c(F)c1)c1cncc(Nc2ccc(F)c(F)c2F)c1. The first-order valence-electron chi connectivity index (χ1n) is 7.47. The molecule has 1 amide bonds. The van der Waals surface area contributed by atoms with E-state index in [1.807, 2.05) is 0 Å². The van der Waals surface area contributed by atoms with Crippen molar-refractivity contribution < 1.29 is 26.7 Å². The number of pyridine rings is 1. The molecule has 3 aromatic rings. The molecule has 0 atom stereocenters. The molecule has 2 aromatic carbocycles. The first-order valence-corrected chi connectivity index (χ1v) is 7.47. The normalized spacial score (nSPS) is 10.6. The third-order valence-electron chi connectivity index (χ3n) is 3.49. The van der Waals surface area contributed by atoms with E-state index >= 15 is 0 Å². The maximum Gasteiger partial charge on any atom is 0.257 e.